The van der Waals surface area contributed by atoms with Crippen molar-refractivity contribution in [3.63, 3.8) is 0 Å². The summed E-state index contributed by atoms with van der Waals surface area (Å²) in [6, 6.07) is 8.33. The van der Waals surface area contributed by atoms with Gasteiger partial charge in [-0.2, -0.15) is 0 Å². The van der Waals surface area contributed by atoms with Crippen molar-refractivity contribution in [2.24, 2.45) is 0 Å². The van der Waals surface area contributed by atoms with Gasteiger partial charge in [-0.3, -0.25) is 9.78 Å². The van der Waals surface area contributed by atoms with E-state index in [9.17, 15) is 8.42 Å². The molecule has 0 saturated carbocycles. The highest BCUT2D eigenvalue weighted by Gasteiger charge is 2.25. The Morgan fingerprint density at radius 3 is 2.64 bits per heavy atom. The molecule has 0 bridgehead atoms. The largest absolute Gasteiger partial charge is 0.490 e. The summed E-state index contributed by atoms with van der Waals surface area (Å²) in [4.78, 5) is 15.3. The minimum atomic E-state index is -3.84. The first kappa shape index (κ1) is 22.8. The van der Waals surface area contributed by atoms with E-state index in [1.807, 2.05) is 0 Å². The standard InChI is InChI=1S/C22H23N3O4S.CH2O2/c1-24-10-7-16(8-11-24)18-15-25(19-4-2-9-23-22(18)19)30(26,27)17-5-6-20-21(14-17)29-13-3-12-28-20;2-1-3/h2,4-7,9,14-15H,3,8,10-13H2,1H3;1H,(H,2,3). The third-order valence-corrected chi connectivity index (χ3v) is 7.23. The number of ether oxygens (including phenoxy) is 2. The molecule has 3 aromatic rings. The van der Waals surface area contributed by atoms with E-state index in [0.29, 0.717) is 35.7 Å². The van der Waals surface area contributed by atoms with Crippen molar-refractivity contribution < 1.29 is 27.8 Å². The summed E-state index contributed by atoms with van der Waals surface area (Å²) in [7, 11) is -1.76. The maximum atomic E-state index is 13.6. The minimum Gasteiger partial charge on any atom is -0.490 e. The molecule has 0 amide bonds. The predicted molar refractivity (Wildman–Crippen MR) is 123 cm³/mol. The van der Waals surface area contributed by atoms with E-state index in [-0.39, 0.29) is 11.4 Å². The van der Waals surface area contributed by atoms with Crippen molar-refractivity contribution in [2.45, 2.75) is 17.7 Å². The fourth-order valence-corrected chi connectivity index (χ4v) is 5.27. The maximum absolute atomic E-state index is 13.6. The lowest BCUT2D eigenvalue weighted by Gasteiger charge is -2.21. The summed E-state index contributed by atoms with van der Waals surface area (Å²) in [6.45, 7) is 2.57. The van der Waals surface area contributed by atoms with Gasteiger partial charge in [0.15, 0.2) is 11.5 Å². The van der Waals surface area contributed by atoms with E-state index in [2.05, 4.69) is 23.0 Å². The number of hydrogen-bond donors (Lipinski definition) is 1. The van der Waals surface area contributed by atoms with Crippen LogP contribution in [0.1, 0.15) is 18.4 Å². The first-order chi connectivity index (χ1) is 16.0. The first-order valence-corrected chi connectivity index (χ1v) is 12.0. The molecule has 0 atom stereocenters. The van der Waals surface area contributed by atoms with Gasteiger partial charge in [0.25, 0.3) is 16.5 Å². The zero-order chi connectivity index (χ0) is 23.4. The number of rotatable bonds is 3. The van der Waals surface area contributed by atoms with Crippen LogP contribution in [0.5, 0.6) is 11.5 Å². The number of aromatic nitrogens is 2. The van der Waals surface area contributed by atoms with E-state index < -0.39 is 10.0 Å². The summed E-state index contributed by atoms with van der Waals surface area (Å²) in [6.07, 6.45) is 7.17. The van der Waals surface area contributed by atoms with Crippen molar-refractivity contribution in [1.29, 1.82) is 0 Å². The van der Waals surface area contributed by atoms with E-state index in [1.54, 1.807) is 42.7 Å². The number of fused-ring (bicyclic) bond motifs is 2. The molecule has 174 valence electrons. The zero-order valence-corrected chi connectivity index (χ0v) is 19.0. The van der Waals surface area contributed by atoms with E-state index in [1.165, 1.54) is 3.97 Å². The normalized spacial score (nSPS) is 16.3. The van der Waals surface area contributed by atoms with Crippen LogP contribution in [0.4, 0.5) is 0 Å². The van der Waals surface area contributed by atoms with Gasteiger partial charge >= 0.3 is 0 Å². The molecule has 0 fully saturated rings. The molecule has 2 aliphatic rings. The van der Waals surface area contributed by atoms with Gasteiger partial charge in [0.1, 0.15) is 0 Å². The van der Waals surface area contributed by atoms with Gasteiger partial charge in [-0.15, -0.1) is 0 Å². The van der Waals surface area contributed by atoms with Crippen LogP contribution in [-0.4, -0.2) is 67.2 Å². The summed E-state index contributed by atoms with van der Waals surface area (Å²) in [5, 5.41) is 6.89. The topological polar surface area (TPSA) is 111 Å². The third-order valence-electron chi connectivity index (χ3n) is 5.56. The van der Waals surface area contributed by atoms with Crippen molar-refractivity contribution in [3.8, 4) is 11.5 Å². The van der Waals surface area contributed by atoms with Gasteiger partial charge in [-0.25, -0.2) is 12.4 Å². The van der Waals surface area contributed by atoms with Crippen molar-refractivity contribution in [3.05, 3.63) is 54.4 Å². The van der Waals surface area contributed by atoms with Crippen LogP contribution in [0, 0.1) is 0 Å². The second-order valence-corrected chi connectivity index (χ2v) is 9.54. The van der Waals surface area contributed by atoms with Crippen LogP contribution >= 0.6 is 0 Å². The molecule has 0 radical (unpaired) electrons. The minimum absolute atomic E-state index is 0.163. The van der Waals surface area contributed by atoms with Crippen molar-refractivity contribution >= 4 is 33.1 Å². The zero-order valence-electron chi connectivity index (χ0n) is 18.2. The molecule has 5 rings (SSSR count). The molecule has 1 N–H and O–H groups in total. The number of hydrogen-bond acceptors (Lipinski definition) is 7. The SMILES string of the molecule is CN1CC=C(c2cn(S(=O)(=O)c3ccc4c(c3)OCCCO4)c3cccnc23)CC1.O=CO. The molecule has 33 heavy (non-hydrogen) atoms. The maximum Gasteiger partial charge on any atom is 0.290 e. The molecular formula is C23H25N3O6S. The van der Waals surface area contributed by atoms with Crippen LogP contribution < -0.4 is 9.47 Å². The quantitative estimate of drug-likeness (QED) is 0.581. The summed E-state index contributed by atoms with van der Waals surface area (Å²) >= 11 is 0. The molecular weight excluding hydrogens is 446 g/mol. The molecule has 4 heterocycles. The highest BCUT2D eigenvalue weighted by Crippen LogP contribution is 2.35. The lowest BCUT2D eigenvalue weighted by Crippen LogP contribution is -2.23. The second-order valence-electron chi connectivity index (χ2n) is 7.72. The highest BCUT2D eigenvalue weighted by atomic mass is 32.2. The first-order valence-electron chi connectivity index (χ1n) is 10.5. The van der Waals surface area contributed by atoms with E-state index >= 15 is 0 Å². The number of pyridine rings is 1. The Balaban J connectivity index is 0.000000821. The molecule has 2 aromatic heterocycles. The van der Waals surface area contributed by atoms with Gasteiger partial charge in [0.2, 0.25) is 0 Å². The average Bonchev–Trinajstić information content (AvgIpc) is 3.05. The Hall–Kier alpha value is -3.37. The van der Waals surface area contributed by atoms with Crippen LogP contribution in [0.15, 0.2) is 53.7 Å². The molecule has 0 aliphatic carbocycles. The fourth-order valence-electron chi connectivity index (χ4n) is 3.90. The highest BCUT2D eigenvalue weighted by molar-refractivity contribution is 7.90. The van der Waals surface area contributed by atoms with Crippen molar-refractivity contribution in [2.75, 3.05) is 33.4 Å². The number of carboxylic acid groups (broad SMARTS) is 1. The summed E-state index contributed by atoms with van der Waals surface area (Å²) in [5.41, 5.74) is 3.27. The lowest BCUT2D eigenvalue weighted by molar-refractivity contribution is -0.122. The average molecular weight is 472 g/mol. The summed E-state index contributed by atoms with van der Waals surface area (Å²) in [5.74, 6) is 1.03. The van der Waals surface area contributed by atoms with E-state index in [0.717, 1.165) is 37.1 Å². The Kier molecular flexibility index (Phi) is 6.66. The Bertz CT molecular complexity index is 1300. The molecule has 0 unspecified atom stereocenters. The molecule has 9 nitrogen and oxygen atoms in total. The number of likely N-dealkylation sites (N-methyl/N-ethyl adjacent to an activating group) is 1. The molecule has 0 saturated heterocycles. The van der Waals surface area contributed by atoms with Gasteiger partial charge in [0, 0.05) is 43.5 Å². The van der Waals surface area contributed by atoms with Gasteiger partial charge in [-0.05, 0) is 43.3 Å². The van der Waals surface area contributed by atoms with Gasteiger partial charge < -0.3 is 19.5 Å². The predicted octanol–water partition coefficient (Wildman–Crippen LogP) is 2.85. The van der Waals surface area contributed by atoms with Crippen LogP contribution in [0.2, 0.25) is 0 Å². The number of benzene rings is 1. The molecule has 0 spiro atoms. The smallest absolute Gasteiger partial charge is 0.290 e. The van der Waals surface area contributed by atoms with Crippen LogP contribution in [0.3, 0.4) is 0 Å². The Labute approximate surface area is 191 Å². The monoisotopic (exact) mass is 471 g/mol. The van der Waals surface area contributed by atoms with Gasteiger partial charge in [-0.1, -0.05) is 6.08 Å². The number of carbonyl (C=O) groups is 1. The molecule has 10 heteroatoms. The fraction of sp³-hybridized carbons (Fsp3) is 0.304. The molecule has 1 aromatic carbocycles. The Morgan fingerprint density at radius 1 is 1.15 bits per heavy atom. The lowest BCUT2D eigenvalue weighted by atomic mass is 10.0. The van der Waals surface area contributed by atoms with E-state index in [4.69, 9.17) is 19.4 Å². The Morgan fingerprint density at radius 2 is 1.91 bits per heavy atom. The number of nitrogens with zero attached hydrogens (tertiary/aromatic N) is 3. The molecule has 2 aliphatic heterocycles. The summed E-state index contributed by atoms with van der Waals surface area (Å²) < 4.78 is 39.8. The van der Waals surface area contributed by atoms with Crippen LogP contribution in [0.25, 0.3) is 16.6 Å². The van der Waals surface area contributed by atoms with Crippen LogP contribution in [-0.2, 0) is 14.8 Å². The van der Waals surface area contributed by atoms with Gasteiger partial charge in [0.05, 0.1) is 29.1 Å². The third kappa shape index (κ3) is 4.57. The van der Waals surface area contributed by atoms with Crippen molar-refractivity contribution in [1.82, 2.24) is 13.9 Å². The second kappa shape index (κ2) is 9.63.